The minimum absolute atomic E-state index is 0.0122. The Kier molecular flexibility index (Phi) is 3.87. The van der Waals surface area contributed by atoms with E-state index in [1.165, 1.54) is 0 Å². The van der Waals surface area contributed by atoms with Crippen molar-refractivity contribution in [3.8, 4) is 6.07 Å². The molecule has 4 nitrogen and oxygen atoms in total. The number of nitriles is 1. The molecule has 1 aliphatic rings. The zero-order valence-corrected chi connectivity index (χ0v) is 11.4. The molecule has 1 fully saturated rings. The summed E-state index contributed by atoms with van der Waals surface area (Å²) < 4.78 is 0. The van der Waals surface area contributed by atoms with Crippen LogP contribution in [0.15, 0.2) is 18.2 Å². The molecule has 2 rings (SSSR count). The Morgan fingerprint density at radius 2 is 2.32 bits per heavy atom. The van der Waals surface area contributed by atoms with Crippen LogP contribution in [0.25, 0.3) is 0 Å². The van der Waals surface area contributed by atoms with Crippen LogP contribution >= 0.6 is 0 Å². The van der Waals surface area contributed by atoms with Gasteiger partial charge in [0.1, 0.15) is 6.07 Å². The minimum Gasteiger partial charge on any atom is -0.324 e. The van der Waals surface area contributed by atoms with E-state index in [4.69, 9.17) is 0 Å². The summed E-state index contributed by atoms with van der Waals surface area (Å²) in [5, 5.41) is 15.3. The third kappa shape index (κ3) is 2.77. The maximum absolute atomic E-state index is 12.4. The molecule has 1 aliphatic heterocycles. The van der Waals surface area contributed by atoms with Gasteiger partial charge in [0.15, 0.2) is 0 Å². The van der Waals surface area contributed by atoms with Crippen molar-refractivity contribution in [2.24, 2.45) is 5.41 Å². The number of carbonyl (C=O) groups is 1. The normalized spacial score (nSPS) is 22.6. The Hall–Kier alpha value is -1.86. The van der Waals surface area contributed by atoms with Crippen LogP contribution in [0, 0.1) is 23.7 Å². The summed E-state index contributed by atoms with van der Waals surface area (Å²) in [7, 11) is 0. The van der Waals surface area contributed by atoms with E-state index >= 15 is 0 Å². The Balaban J connectivity index is 2.20. The van der Waals surface area contributed by atoms with Gasteiger partial charge in [-0.25, -0.2) is 0 Å². The zero-order valence-electron chi connectivity index (χ0n) is 11.4. The summed E-state index contributed by atoms with van der Waals surface area (Å²) in [6, 6.07) is 7.66. The third-order valence-electron chi connectivity index (χ3n) is 3.78. The fraction of sp³-hybridized carbons (Fsp3) is 0.467. The highest BCUT2D eigenvalue weighted by Crippen LogP contribution is 2.28. The van der Waals surface area contributed by atoms with Crippen LogP contribution in [0.4, 0.5) is 5.69 Å². The fourth-order valence-corrected chi connectivity index (χ4v) is 2.44. The van der Waals surface area contributed by atoms with Crippen LogP contribution in [0.3, 0.4) is 0 Å². The molecule has 100 valence electrons. The van der Waals surface area contributed by atoms with Crippen molar-refractivity contribution in [2.75, 3.05) is 18.4 Å². The highest BCUT2D eigenvalue weighted by molar-refractivity contribution is 5.96. The van der Waals surface area contributed by atoms with Crippen LogP contribution in [0.5, 0.6) is 0 Å². The average Bonchev–Trinajstić information content (AvgIpc) is 2.40. The predicted molar refractivity (Wildman–Crippen MR) is 74.7 cm³/mol. The number of hydrogen-bond acceptors (Lipinski definition) is 3. The number of piperidine rings is 1. The topological polar surface area (TPSA) is 64.9 Å². The van der Waals surface area contributed by atoms with E-state index in [0.29, 0.717) is 17.8 Å². The van der Waals surface area contributed by atoms with Gasteiger partial charge in [-0.2, -0.15) is 5.26 Å². The number of hydrogen-bond donors (Lipinski definition) is 2. The van der Waals surface area contributed by atoms with Crippen LogP contribution in [0.1, 0.15) is 30.9 Å². The summed E-state index contributed by atoms with van der Waals surface area (Å²) in [6.07, 6.45) is 1.88. The molecule has 2 N–H and O–H groups in total. The van der Waals surface area contributed by atoms with E-state index in [2.05, 4.69) is 16.7 Å². The zero-order chi connectivity index (χ0) is 13.9. The molecule has 0 aliphatic carbocycles. The largest absolute Gasteiger partial charge is 0.324 e. The minimum atomic E-state index is -0.394. The van der Waals surface area contributed by atoms with E-state index in [-0.39, 0.29) is 5.91 Å². The average molecular weight is 257 g/mol. The third-order valence-corrected chi connectivity index (χ3v) is 3.78. The lowest BCUT2D eigenvalue weighted by molar-refractivity contribution is -0.125. The van der Waals surface area contributed by atoms with Crippen LogP contribution in [-0.2, 0) is 4.79 Å². The van der Waals surface area contributed by atoms with Gasteiger partial charge in [0, 0.05) is 6.54 Å². The van der Waals surface area contributed by atoms with E-state index in [0.717, 1.165) is 24.9 Å². The summed E-state index contributed by atoms with van der Waals surface area (Å²) in [5.41, 5.74) is 1.64. The van der Waals surface area contributed by atoms with Crippen molar-refractivity contribution in [2.45, 2.75) is 26.7 Å². The molecule has 4 heteroatoms. The van der Waals surface area contributed by atoms with Gasteiger partial charge in [-0.1, -0.05) is 12.1 Å². The van der Waals surface area contributed by atoms with Crippen molar-refractivity contribution in [3.63, 3.8) is 0 Å². The number of carbonyl (C=O) groups excluding carboxylic acids is 1. The van der Waals surface area contributed by atoms with E-state index < -0.39 is 5.41 Å². The molecule has 0 saturated carbocycles. The maximum Gasteiger partial charge on any atom is 0.231 e. The second-order valence-corrected chi connectivity index (χ2v) is 5.40. The van der Waals surface area contributed by atoms with Gasteiger partial charge in [0.2, 0.25) is 5.91 Å². The van der Waals surface area contributed by atoms with Crippen molar-refractivity contribution in [1.29, 1.82) is 5.26 Å². The molecule has 0 radical (unpaired) electrons. The lowest BCUT2D eigenvalue weighted by atomic mass is 9.82. The standard InChI is InChI=1S/C15H19N3O/c1-11-5-3-6-13(12(11)9-16)18-14(19)15(2)7-4-8-17-10-15/h3,5-6,17H,4,7-8,10H2,1-2H3,(H,18,19). The first-order valence-corrected chi connectivity index (χ1v) is 6.59. The number of nitrogens with zero attached hydrogens (tertiary/aromatic N) is 1. The Morgan fingerprint density at radius 3 is 2.95 bits per heavy atom. The number of benzene rings is 1. The van der Waals surface area contributed by atoms with Gasteiger partial charge in [-0.3, -0.25) is 4.79 Å². The summed E-state index contributed by atoms with van der Waals surface area (Å²) >= 11 is 0. The summed E-state index contributed by atoms with van der Waals surface area (Å²) in [5.74, 6) is -0.0122. The van der Waals surface area contributed by atoms with Crippen LogP contribution in [-0.4, -0.2) is 19.0 Å². The molecule has 0 bridgehead atoms. The second-order valence-electron chi connectivity index (χ2n) is 5.40. The Morgan fingerprint density at radius 1 is 1.53 bits per heavy atom. The van der Waals surface area contributed by atoms with Gasteiger partial charge in [-0.05, 0) is 44.9 Å². The molecule has 1 unspecified atom stereocenters. The van der Waals surface area contributed by atoms with Crippen molar-refractivity contribution in [3.05, 3.63) is 29.3 Å². The number of rotatable bonds is 2. The van der Waals surface area contributed by atoms with Crippen LogP contribution in [0.2, 0.25) is 0 Å². The van der Waals surface area contributed by atoms with E-state index in [9.17, 15) is 10.1 Å². The monoisotopic (exact) mass is 257 g/mol. The first kappa shape index (κ1) is 13.6. The SMILES string of the molecule is Cc1cccc(NC(=O)C2(C)CCCNC2)c1C#N. The number of nitrogens with one attached hydrogen (secondary N) is 2. The highest BCUT2D eigenvalue weighted by atomic mass is 16.2. The molecule has 1 amide bonds. The smallest absolute Gasteiger partial charge is 0.231 e. The van der Waals surface area contributed by atoms with Gasteiger partial charge in [-0.15, -0.1) is 0 Å². The van der Waals surface area contributed by atoms with Crippen LogP contribution < -0.4 is 10.6 Å². The molecule has 1 atom stereocenters. The maximum atomic E-state index is 12.4. The van der Waals surface area contributed by atoms with Gasteiger partial charge in [0.05, 0.1) is 16.7 Å². The Labute approximate surface area is 113 Å². The molecule has 19 heavy (non-hydrogen) atoms. The first-order chi connectivity index (χ1) is 9.07. The molecule has 0 aromatic heterocycles. The van der Waals surface area contributed by atoms with Gasteiger partial charge in [0.25, 0.3) is 0 Å². The van der Waals surface area contributed by atoms with Gasteiger partial charge < -0.3 is 10.6 Å². The molecule has 1 saturated heterocycles. The second kappa shape index (κ2) is 5.41. The molecular formula is C15H19N3O. The lowest BCUT2D eigenvalue weighted by Crippen LogP contribution is -2.46. The fourth-order valence-electron chi connectivity index (χ4n) is 2.44. The lowest BCUT2D eigenvalue weighted by Gasteiger charge is -2.32. The number of anilines is 1. The van der Waals surface area contributed by atoms with E-state index in [1.807, 2.05) is 26.0 Å². The first-order valence-electron chi connectivity index (χ1n) is 6.59. The predicted octanol–water partition coefficient (Wildman–Crippen LogP) is 2.19. The molecule has 1 heterocycles. The van der Waals surface area contributed by atoms with Crippen molar-refractivity contribution < 1.29 is 4.79 Å². The number of amides is 1. The van der Waals surface area contributed by atoms with Crippen molar-refractivity contribution in [1.82, 2.24) is 5.32 Å². The molecule has 1 aromatic rings. The summed E-state index contributed by atoms with van der Waals surface area (Å²) in [6.45, 7) is 5.50. The molecule has 0 spiro atoms. The number of aryl methyl sites for hydroxylation is 1. The quantitative estimate of drug-likeness (QED) is 0.853. The molecular weight excluding hydrogens is 238 g/mol. The Bertz CT molecular complexity index is 525. The highest BCUT2D eigenvalue weighted by Gasteiger charge is 2.34. The van der Waals surface area contributed by atoms with Crippen molar-refractivity contribution >= 4 is 11.6 Å². The van der Waals surface area contributed by atoms with E-state index in [1.54, 1.807) is 6.07 Å². The summed E-state index contributed by atoms with van der Waals surface area (Å²) in [4.78, 5) is 12.4. The molecule has 1 aromatic carbocycles. The van der Waals surface area contributed by atoms with Gasteiger partial charge >= 0.3 is 0 Å².